The molecule has 2 nitrogen and oxygen atoms in total. The third kappa shape index (κ3) is 2.10. The Kier molecular flexibility index (Phi) is 2.87. The first kappa shape index (κ1) is 7.73. The van der Waals surface area contributed by atoms with E-state index in [-0.39, 0.29) is 0 Å². The van der Waals surface area contributed by atoms with E-state index in [4.69, 9.17) is 0 Å². The van der Waals surface area contributed by atoms with Crippen molar-refractivity contribution in [1.82, 2.24) is 5.32 Å². The largest absolute Gasteiger partial charge is 0.317 e. The van der Waals surface area contributed by atoms with Gasteiger partial charge in [0.2, 0.25) is 0 Å². The van der Waals surface area contributed by atoms with Crippen LogP contribution in [-0.2, 0) is 4.79 Å². The molecule has 10 heavy (non-hydrogen) atoms. The maximum Gasteiger partial charge on any atom is 0.132 e. The molecule has 1 rings (SSSR count). The van der Waals surface area contributed by atoms with E-state index in [2.05, 4.69) is 5.32 Å². The molecule has 1 atom stereocenters. The van der Waals surface area contributed by atoms with Crippen molar-refractivity contribution in [2.45, 2.75) is 38.1 Å². The fraction of sp³-hybridized carbons (Fsp3) is 0.875. The maximum absolute atomic E-state index is 10.9. The lowest BCUT2D eigenvalue weighted by atomic mass is 10.1. The van der Waals surface area contributed by atoms with E-state index in [1.807, 2.05) is 7.05 Å². The number of rotatable bonds is 1. The SMILES string of the molecule is CN[C@H]1CCCC(=O)CC1. The van der Waals surface area contributed by atoms with Crippen LogP contribution in [0.2, 0.25) is 0 Å². The molecule has 1 aliphatic carbocycles. The van der Waals surface area contributed by atoms with Gasteiger partial charge in [-0.15, -0.1) is 0 Å². The minimum atomic E-state index is 0.442. The zero-order valence-corrected chi connectivity index (χ0v) is 6.52. The van der Waals surface area contributed by atoms with Gasteiger partial charge in [-0.2, -0.15) is 0 Å². The summed E-state index contributed by atoms with van der Waals surface area (Å²) in [5.74, 6) is 0.442. The van der Waals surface area contributed by atoms with Crippen LogP contribution in [-0.4, -0.2) is 18.9 Å². The lowest BCUT2D eigenvalue weighted by Gasteiger charge is -2.10. The summed E-state index contributed by atoms with van der Waals surface area (Å²) in [6.45, 7) is 0. The topological polar surface area (TPSA) is 29.1 Å². The highest BCUT2D eigenvalue weighted by Crippen LogP contribution is 2.13. The van der Waals surface area contributed by atoms with Gasteiger partial charge in [0, 0.05) is 18.9 Å². The molecule has 0 aromatic rings. The van der Waals surface area contributed by atoms with E-state index in [9.17, 15) is 4.79 Å². The summed E-state index contributed by atoms with van der Waals surface area (Å²) in [4.78, 5) is 10.9. The van der Waals surface area contributed by atoms with Crippen LogP contribution in [0, 0.1) is 0 Å². The number of hydrogen-bond acceptors (Lipinski definition) is 2. The molecule has 0 amide bonds. The number of nitrogens with one attached hydrogen (secondary N) is 1. The summed E-state index contributed by atoms with van der Waals surface area (Å²) in [7, 11) is 1.97. The molecule has 0 spiro atoms. The van der Waals surface area contributed by atoms with Gasteiger partial charge in [0.05, 0.1) is 0 Å². The molecule has 0 aliphatic heterocycles. The van der Waals surface area contributed by atoms with Gasteiger partial charge >= 0.3 is 0 Å². The molecule has 2 heteroatoms. The molecule has 1 fully saturated rings. The van der Waals surface area contributed by atoms with E-state index >= 15 is 0 Å². The van der Waals surface area contributed by atoms with Crippen molar-refractivity contribution < 1.29 is 4.79 Å². The third-order valence-corrected chi connectivity index (χ3v) is 2.19. The number of hydrogen-bond donors (Lipinski definition) is 1. The van der Waals surface area contributed by atoms with Gasteiger partial charge in [-0.25, -0.2) is 0 Å². The molecule has 0 aromatic heterocycles. The number of carbonyl (C=O) groups excluding carboxylic acids is 1. The van der Waals surface area contributed by atoms with E-state index in [1.54, 1.807) is 0 Å². The van der Waals surface area contributed by atoms with Crippen molar-refractivity contribution in [2.75, 3.05) is 7.05 Å². The summed E-state index contributed by atoms with van der Waals surface area (Å²) in [5.41, 5.74) is 0. The average Bonchev–Trinajstić information content (AvgIpc) is 2.14. The standard InChI is InChI=1S/C8H15NO/c1-9-7-3-2-4-8(10)6-5-7/h7,9H,2-6H2,1H3/t7-/m0/s1. The minimum absolute atomic E-state index is 0.442. The van der Waals surface area contributed by atoms with E-state index in [0.29, 0.717) is 11.8 Å². The van der Waals surface area contributed by atoms with Gasteiger partial charge in [0.15, 0.2) is 0 Å². The van der Waals surface area contributed by atoms with E-state index in [0.717, 1.165) is 25.7 Å². The van der Waals surface area contributed by atoms with Gasteiger partial charge in [0.1, 0.15) is 5.78 Å². The second-order valence-electron chi connectivity index (χ2n) is 2.96. The zero-order chi connectivity index (χ0) is 7.40. The average molecular weight is 141 g/mol. The molecular formula is C8H15NO. The van der Waals surface area contributed by atoms with Crippen LogP contribution in [0.5, 0.6) is 0 Å². The predicted molar refractivity (Wildman–Crippen MR) is 40.9 cm³/mol. The summed E-state index contributed by atoms with van der Waals surface area (Å²) in [6.07, 6.45) is 4.87. The highest BCUT2D eigenvalue weighted by atomic mass is 16.1. The number of ketones is 1. The first-order valence-electron chi connectivity index (χ1n) is 4.02. The summed E-state index contributed by atoms with van der Waals surface area (Å²) < 4.78 is 0. The molecule has 1 saturated carbocycles. The van der Waals surface area contributed by atoms with Crippen LogP contribution in [0.1, 0.15) is 32.1 Å². The Balaban J connectivity index is 2.33. The van der Waals surface area contributed by atoms with Crippen LogP contribution >= 0.6 is 0 Å². The Morgan fingerprint density at radius 1 is 1.40 bits per heavy atom. The molecule has 0 unspecified atom stereocenters. The van der Waals surface area contributed by atoms with Gasteiger partial charge in [-0.1, -0.05) is 0 Å². The Hall–Kier alpha value is -0.370. The van der Waals surface area contributed by atoms with Gasteiger partial charge in [-0.05, 0) is 26.3 Å². The molecule has 1 N–H and O–H groups in total. The third-order valence-electron chi connectivity index (χ3n) is 2.19. The van der Waals surface area contributed by atoms with Gasteiger partial charge < -0.3 is 5.32 Å². The highest BCUT2D eigenvalue weighted by Gasteiger charge is 2.13. The van der Waals surface area contributed by atoms with Crippen molar-refractivity contribution >= 4 is 5.78 Å². The molecule has 0 bridgehead atoms. The number of Topliss-reactive ketones (excluding diaryl/α,β-unsaturated/α-hetero) is 1. The van der Waals surface area contributed by atoms with Crippen molar-refractivity contribution in [3.63, 3.8) is 0 Å². The van der Waals surface area contributed by atoms with Crippen LogP contribution in [0.4, 0.5) is 0 Å². The lowest BCUT2D eigenvalue weighted by Crippen LogP contribution is -2.23. The van der Waals surface area contributed by atoms with Crippen molar-refractivity contribution in [1.29, 1.82) is 0 Å². The quantitative estimate of drug-likeness (QED) is 0.554. The Morgan fingerprint density at radius 2 is 2.20 bits per heavy atom. The monoisotopic (exact) mass is 141 g/mol. The maximum atomic E-state index is 10.9. The van der Waals surface area contributed by atoms with Crippen LogP contribution in [0.15, 0.2) is 0 Å². The predicted octanol–water partition coefficient (Wildman–Crippen LogP) is 1.11. The molecule has 58 valence electrons. The molecule has 0 aromatic carbocycles. The minimum Gasteiger partial charge on any atom is -0.317 e. The second-order valence-corrected chi connectivity index (χ2v) is 2.96. The molecular weight excluding hydrogens is 126 g/mol. The lowest BCUT2D eigenvalue weighted by molar-refractivity contribution is -0.118. The summed E-state index contributed by atoms with van der Waals surface area (Å²) in [5, 5.41) is 3.21. The Labute approximate surface area is 62.0 Å². The summed E-state index contributed by atoms with van der Waals surface area (Å²) in [6, 6.07) is 0.589. The second kappa shape index (κ2) is 3.71. The summed E-state index contributed by atoms with van der Waals surface area (Å²) >= 11 is 0. The Morgan fingerprint density at radius 3 is 2.90 bits per heavy atom. The fourth-order valence-electron chi connectivity index (χ4n) is 1.44. The Bertz CT molecular complexity index is 122. The van der Waals surface area contributed by atoms with Crippen molar-refractivity contribution in [3.8, 4) is 0 Å². The molecule has 0 radical (unpaired) electrons. The smallest absolute Gasteiger partial charge is 0.132 e. The van der Waals surface area contributed by atoms with Crippen LogP contribution in [0.25, 0.3) is 0 Å². The van der Waals surface area contributed by atoms with Gasteiger partial charge in [-0.3, -0.25) is 4.79 Å². The van der Waals surface area contributed by atoms with Gasteiger partial charge in [0.25, 0.3) is 0 Å². The molecule has 1 aliphatic rings. The van der Waals surface area contributed by atoms with E-state index in [1.165, 1.54) is 6.42 Å². The normalized spacial score (nSPS) is 28.1. The van der Waals surface area contributed by atoms with Crippen LogP contribution < -0.4 is 5.32 Å². The zero-order valence-electron chi connectivity index (χ0n) is 6.52. The van der Waals surface area contributed by atoms with E-state index < -0.39 is 0 Å². The number of carbonyl (C=O) groups is 1. The molecule has 0 heterocycles. The van der Waals surface area contributed by atoms with Crippen molar-refractivity contribution in [2.24, 2.45) is 0 Å². The molecule has 0 saturated heterocycles. The van der Waals surface area contributed by atoms with Crippen LogP contribution in [0.3, 0.4) is 0 Å². The first-order chi connectivity index (χ1) is 4.83. The van der Waals surface area contributed by atoms with Crippen molar-refractivity contribution in [3.05, 3.63) is 0 Å². The fourth-order valence-corrected chi connectivity index (χ4v) is 1.44. The first-order valence-corrected chi connectivity index (χ1v) is 4.02. The highest BCUT2D eigenvalue weighted by molar-refractivity contribution is 5.78.